The molecular weight excluding hydrogens is 331 g/mol. The maximum Gasteiger partial charge on any atom is 0.251 e. The van der Waals surface area contributed by atoms with Crippen molar-refractivity contribution in [3.05, 3.63) is 59.9 Å². The average Bonchev–Trinajstić information content (AvgIpc) is 2.65. The highest BCUT2D eigenvalue weighted by Crippen LogP contribution is 2.32. The van der Waals surface area contributed by atoms with E-state index in [4.69, 9.17) is 4.74 Å². The van der Waals surface area contributed by atoms with Crippen molar-refractivity contribution in [3.8, 4) is 11.5 Å². The van der Waals surface area contributed by atoms with Crippen LogP contribution in [0.25, 0.3) is 0 Å². The van der Waals surface area contributed by atoms with Gasteiger partial charge in [0.1, 0.15) is 17.3 Å². The molecule has 2 atom stereocenters. The molecule has 1 N–H and O–H groups in total. The van der Waals surface area contributed by atoms with E-state index in [1.54, 1.807) is 36.4 Å². The molecule has 3 aliphatic heterocycles. The zero-order valence-corrected chi connectivity index (χ0v) is 14.8. The van der Waals surface area contributed by atoms with Crippen LogP contribution in [0, 0.1) is 11.7 Å². The summed E-state index contributed by atoms with van der Waals surface area (Å²) in [5.41, 5.74) is 0.611. The molecule has 0 aliphatic carbocycles. The van der Waals surface area contributed by atoms with Gasteiger partial charge in [-0.1, -0.05) is 6.07 Å². The third-order valence-electron chi connectivity index (χ3n) is 5.62. The van der Waals surface area contributed by atoms with Crippen LogP contribution in [0.5, 0.6) is 11.5 Å². The molecule has 0 radical (unpaired) electrons. The van der Waals surface area contributed by atoms with Crippen molar-refractivity contribution in [1.82, 2.24) is 10.2 Å². The van der Waals surface area contributed by atoms with Crippen LogP contribution in [-0.2, 0) is 0 Å². The van der Waals surface area contributed by atoms with Gasteiger partial charge in [-0.05, 0) is 75.2 Å². The first-order valence-corrected chi connectivity index (χ1v) is 9.18. The Morgan fingerprint density at radius 3 is 2.50 bits per heavy atom. The molecule has 2 unspecified atom stereocenters. The summed E-state index contributed by atoms with van der Waals surface area (Å²) in [6, 6.07) is 13.6. The lowest BCUT2D eigenvalue weighted by Crippen LogP contribution is -2.62. The van der Waals surface area contributed by atoms with Gasteiger partial charge in [-0.3, -0.25) is 9.69 Å². The standard InChI is InChI=1S/C21H23FN2O2/c1-14-20(15-9-11-24(14)12-10-15)23-21(25)16-5-7-18(8-6-16)26-19-4-2-3-17(22)13-19/h2-8,13-15,20H,9-12H2,1H3,(H,23,25). The second-order valence-electron chi connectivity index (χ2n) is 7.20. The summed E-state index contributed by atoms with van der Waals surface area (Å²) in [6.07, 6.45) is 2.32. The van der Waals surface area contributed by atoms with E-state index in [9.17, 15) is 9.18 Å². The van der Waals surface area contributed by atoms with Gasteiger partial charge in [0.05, 0.1) is 0 Å². The van der Waals surface area contributed by atoms with Crippen molar-refractivity contribution in [1.29, 1.82) is 0 Å². The van der Waals surface area contributed by atoms with Gasteiger partial charge >= 0.3 is 0 Å². The SMILES string of the molecule is CC1C(NC(=O)c2ccc(Oc3cccc(F)c3)cc2)C2CCN1CC2. The van der Waals surface area contributed by atoms with Crippen molar-refractivity contribution >= 4 is 5.91 Å². The Hall–Kier alpha value is -2.40. The number of nitrogens with zero attached hydrogens (tertiary/aromatic N) is 1. The summed E-state index contributed by atoms with van der Waals surface area (Å²) in [7, 11) is 0. The lowest BCUT2D eigenvalue weighted by atomic mass is 9.79. The van der Waals surface area contributed by atoms with Crippen LogP contribution in [0.4, 0.5) is 4.39 Å². The summed E-state index contributed by atoms with van der Waals surface area (Å²) in [6.45, 7) is 4.49. The Kier molecular flexibility index (Phi) is 4.64. The van der Waals surface area contributed by atoms with Gasteiger partial charge in [-0.25, -0.2) is 4.39 Å². The number of nitrogens with one attached hydrogen (secondary N) is 1. The van der Waals surface area contributed by atoms with Crippen LogP contribution >= 0.6 is 0 Å². The lowest BCUT2D eigenvalue weighted by molar-refractivity contribution is 0.0217. The molecule has 3 saturated heterocycles. The minimum absolute atomic E-state index is 0.0482. The van der Waals surface area contributed by atoms with Gasteiger partial charge in [0.25, 0.3) is 5.91 Å². The average molecular weight is 354 g/mol. The molecule has 5 rings (SSSR count). The van der Waals surface area contributed by atoms with Crippen LogP contribution in [0.1, 0.15) is 30.1 Å². The Morgan fingerprint density at radius 1 is 1.12 bits per heavy atom. The van der Waals surface area contributed by atoms with Crippen molar-refractivity contribution in [2.24, 2.45) is 5.92 Å². The molecule has 26 heavy (non-hydrogen) atoms. The molecule has 2 aromatic carbocycles. The van der Waals surface area contributed by atoms with Gasteiger partial charge < -0.3 is 10.1 Å². The van der Waals surface area contributed by atoms with Crippen LogP contribution in [-0.4, -0.2) is 36.0 Å². The molecule has 3 fully saturated rings. The van der Waals surface area contributed by atoms with E-state index in [-0.39, 0.29) is 17.8 Å². The summed E-state index contributed by atoms with van der Waals surface area (Å²) in [4.78, 5) is 15.1. The highest BCUT2D eigenvalue weighted by atomic mass is 19.1. The number of ether oxygens (including phenoxy) is 1. The van der Waals surface area contributed by atoms with E-state index in [0.717, 1.165) is 25.9 Å². The quantitative estimate of drug-likeness (QED) is 0.907. The van der Waals surface area contributed by atoms with Crippen LogP contribution in [0.3, 0.4) is 0 Å². The van der Waals surface area contributed by atoms with E-state index in [2.05, 4.69) is 17.1 Å². The normalized spacial score (nSPS) is 27.2. The van der Waals surface area contributed by atoms with Crippen LogP contribution in [0.15, 0.2) is 48.5 Å². The summed E-state index contributed by atoms with van der Waals surface area (Å²) >= 11 is 0. The van der Waals surface area contributed by atoms with Gasteiger partial charge in [-0.15, -0.1) is 0 Å². The molecule has 3 aliphatic rings. The van der Waals surface area contributed by atoms with Gasteiger partial charge in [0.15, 0.2) is 0 Å². The number of benzene rings is 2. The second-order valence-corrected chi connectivity index (χ2v) is 7.20. The van der Waals surface area contributed by atoms with Crippen molar-refractivity contribution < 1.29 is 13.9 Å². The Morgan fingerprint density at radius 2 is 1.85 bits per heavy atom. The van der Waals surface area contributed by atoms with Gasteiger partial charge in [-0.2, -0.15) is 0 Å². The first kappa shape index (κ1) is 17.0. The smallest absolute Gasteiger partial charge is 0.251 e. The van der Waals surface area contributed by atoms with Crippen molar-refractivity contribution in [2.75, 3.05) is 13.1 Å². The molecule has 4 nitrogen and oxygen atoms in total. The third kappa shape index (κ3) is 3.44. The number of fused-ring (bicyclic) bond motifs is 3. The Labute approximate surface area is 153 Å². The van der Waals surface area contributed by atoms with E-state index in [1.807, 2.05) is 0 Å². The zero-order valence-electron chi connectivity index (χ0n) is 14.8. The van der Waals surface area contributed by atoms with E-state index in [1.165, 1.54) is 12.1 Å². The molecule has 3 heterocycles. The van der Waals surface area contributed by atoms with Gasteiger partial charge in [0.2, 0.25) is 0 Å². The third-order valence-corrected chi connectivity index (χ3v) is 5.62. The molecule has 0 spiro atoms. The highest BCUT2D eigenvalue weighted by molar-refractivity contribution is 5.94. The molecule has 0 aromatic heterocycles. The van der Waals surface area contributed by atoms with E-state index in [0.29, 0.717) is 29.0 Å². The molecule has 1 amide bonds. The number of amides is 1. The fourth-order valence-electron chi connectivity index (χ4n) is 4.12. The minimum atomic E-state index is -0.342. The van der Waals surface area contributed by atoms with Gasteiger partial charge in [0, 0.05) is 23.7 Å². The number of carbonyl (C=O) groups is 1. The summed E-state index contributed by atoms with van der Waals surface area (Å²) in [5, 5.41) is 3.22. The van der Waals surface area contributed by atoms with Crippen molar-refractivity contribution in [3.63, 3.8) is 0 Å². The largest absolute Gasteiger partial charge is 0.457 e. The number of piperidine rings is 3. The maximum absolute atomic E-state index is 13.2. The van der Waals surface area contributed by atoms with E-state index >= 15 is 0 Å². The summed E-state index contributed by atoms with van der Waals surface area (Å²) in [5.74, 6) is 1.19. The Bertz CT molecular complexity index is 783. The molecule has 0 saturated carbocycles. The predicted molar refractivity (Wildman–Crippen MR) is 97.9 cm³/mol. The molecule has 136 valence electrons. The van der Waals surface area contributed by atoms with Crippen molar-refractivity contribution in [2.45, 2.75) is 31.8 Å². The number of carbonyl (C=O) groups excluding carboxylic acids is 1. The predicted octanol–water partition coefficient (Wildman–Crippen LogP) is 3.83. The number of hydrogen-bond donors (Lipinski definition) is 1. The fourth-order valence-corrected chi connectivity index (χ4v) is 4.12. The number of halogens is 1. The van der Waals surface area contributed by atoms with Crippen LogP contribution in [0.2, 0.25) is 0 Å². The first-order chi connectivity index (χ1) is 12.6. The first-order valence-electron chi connectivity index (χ1n) is 9.18. The monoisotopic (exact) mass is 354 g/mol. The van der Waals surface area contributed by atoms with E-state index < -0.39 is 0 Å². The zero-order chi connectivity index (χ0) is 18.1. The number of rotatable bonds is 4. The molecular formula is C21H23FN2O2. The highest BCUT2D eigenvalue weighted by Gasteiger charge is 2.40. The molecule has 2 aromatic rings. The molecule has 2 bridgehead atoms. The molecule has 5 heteroatoms. The summed E-state index contributed by atoms with van der Waals surface area (Å²) < 4.78 is 18.8. The minimum Gasteiger partial charge on any atom is -0.457 e. The topological polar surface area (TPSA) is 41.6 Å². The maximum atomic E-state index is 13.2. The lowest BCUT2D eigenvalue weighted by Gasteiger charge is -2.49. The second kappa shape index (κ2) is 7.08. The van der Waals surface area contributed by atoms with Crippen LogP contribution < -0.4 is 10.1 Å². The fraction of sp³-hybridized carbons (Fsp3) is 0.381. The Balaban J connectivity index is 1.41. The number of hydrogen-bond acceptors (Lipinski definition) is 3.